The van der Waals surface area contributed by atoms with Gasteiger partial charge in [0.1, 0.15) is 17.4 Å². The number of fused-ring (bicyclic) bond motifs is 1. The van der Waals surface area contributed by atoms with Gasteiger partial charge in [0.05, 0.1) is 34.8 Å². The van der Waals surface area contributed by atoms with Crippen LogP contribution in [0.2, 0.25) is 5.02 Å². The number of benzene rings is 2. The summed E-state index contributed by atoms with van der Waals surface area (Å²) in [5.74, 6) is -1.93. The number of hydrogen-bond donors (Lipinski definition) is 3. The van der Waals surface area contributed by atoms with Crippen molar-refractivity contribution in [3.05, 3.63) is 53.1 Å². The molecule has 0 saturated carbocycles. The van der Waals surface area contributed by atoms with Crippen LogP contribution in [0.5, 0.6) is 5.75 Å². The van der Waals surface area contributed by atoms with Gasteiger partial charge in [0, 0.05) is 18.8 Å². The van der Waals surface area contributed by atoms with Gasteiger partial charge < -0.3 is 30.1 Å². The molecule has 2 aromatic rings. The molecule has 3 amide bonds. The van der Waals surface area contributed by atoms with Gasteiger partial charge in [-0.1, -0.05) is 30.7 Å². The highest BCUT2D eigenvalue weighted by Gasteiger charge is 2.78. The van der Waals surface area contributed by atoms with Gasteiger partial charge in [-0.25, -0.2) is 0 Å². The molecule has 2 aromatic carbocycles. The molecule has 1 spiro atoms. The number of anilines is 2. The van der Waals surface area contributed by atoms with Crippen molar-refractivity contribution in [2.24, 2.45) is 11.8 Å². The second-order valence-electron chi connectivity index (χ2n) is 10.8. The number of ether oxygens (including phenoxy) is 2. The Morgan fingerprint density at radius 1 is 1.12 bits per heavy atom. The van der Waals surface area contributed by atoms with Crippen LogP contribution in [0, 0.1) is 18.8 Å². The van der Waals surface area contributed by atoms with Gasteiger partial charge in [-0.15, -0.1) is 0 Å². The molecular weight excluding hydrogens is 534 g/mol. The molecule has 40 heavy (non-hydrogen) atoms. The summed E-state index contributed by atoms with van der Waals surface area (Å²) in [6.07, 6.45) is 1.84. The number of nitrogens with one attached hydrogen (secondary N) is 2. The molecule has 3 aliphatic rings. The largest absolute Gasteiger partial charge is 0.494 e. The van der Waals surface area contributed by atoms with Crippen molar-refractivity contribution in [1.82, 2.24) is 4.90 Å². The molecule has 214 valence electrons. The number of aliphatic hydroxyl groups excluding tert-OH is 1. The Morgan fingerprint density at radius 2 is 1.88 bits per heavy atom. The zero-order chi connectivity index (χ0) is 28.7. The quantitative estimate of drug-likeness (QED) is 0.395. The van der Waals surface area contributed by atoms with E-state index in [1.807, 2.05) is 26.8 Å². The smallest absolute Gasteiger partial charge is 0.250 e. The van der Waals surface area contributed by atoms with E-state index < -0.39 is 35.0 Å². The average molecular weight is 570 g/mol. The second-order valence-corrected chi connectivity index (χ2v) is 11.2. The topological polar surface area (TPSA) is 117 Å². The number of nitrogens with zero attached hydrogens (tertiary/aromatic N) is 1. The van der Waals surface area contributed by atoms with E-state index in [1.165, 1.54) is 4.90 Å². The van der Waals surface area contributed by atoms with Crippen molar-refractivity contribution in [2.45, 2.75) is 63.7 Å². The van der Waals surface area contributed by atoms with E-state index in [0.717, 1.165) is 5.56 Å². The van der Waals surface area contributed by atoms with Gasteiger partial charge in [-0.2, -0.15) is 0 Å². The van der Waals surface area contributed by atoms with Crippen LogP contribution in [0.1, 0.15) is 45.1 Å². The summed E-state index contributed by atoms with van der Waals surface area (Å²) in [5.41, 5.74) is -0.177. The Balaban J connectivity index is 1.49. The number of likely N-dealkylation sites (tertiary alicyclic amines) is 1. The van der Waals surface area contributed by atoms with Crippen LogP contribution in [-0.2, 0) is 19.1 Å². The lowest BCUT2D eigenvalue weighted by atomic mass is 9.65. The minimum absolute atomic E-state index is 0.138. The lowest BCUT2D eigenvalue weighted by Gasteiger charge is -2.34. The number of halogens is 1. The van der Waals surface area contributed by atoms with Crippen LogP contribution < -0.4 is 15.4 Å². The normalized spacial score (nSPS) is 28.5. The SMILES string of the molecule is CCOc1ccc(NC(=O)[C@H]2[C@H]3C(=O)N(CCCO)C(C(=O)Nc4c(C)cccc4Cl)C34CC[C@]2(CC)O4)cc1. The highest BCUT2D eigenvalue weighted by atomic mass is 35.5. The fourth-order valence-corrected chi connectivity index (χ4v) is 7.17. The minimum atomic E-state index is -1.16. The highest BCUT2D eigenvalue weighted by Crippen LogP contribution is 2.64. The molecule has 2 bridgehead atoms. The monoisotopic (exact) mass is 569 g/mol. The number of amides is 3. The van der Waals surface area contributed by atoms with Crippen LogP contribution in [0.4, 0.5) is 11.4 Å². The maximum absolute atomic E-state index is 14.1. The summed E-state index contributed by atoms with van der Waals surface area (Å²) < 4.78 is 12.3. The Kier molecular flexibility index (Phi) is 7.83. The van der Waals surface area contributed by atoms with Crippen LogP contribution in [0.15, 0.2) is 42.5 Å². The second kappa shape index (κ2) is 11.0. The predicted molar refractivity (Wildman–Crippen MR) is 151 cm³/mol. The van der Waals surface area contributed by atoms with Crippen LogP contribution in [0.3, 0.4) is 0 Å². The molecule has 0 aliphatic carbocycles. The third-order valence-corrected chi connectivity index (χ3v) is 8.99. The first-order valence-electron chi connectivity index (χ1n) is 13.9. The van der Waals surface area contributed by atoms with Gasteiger partial charge in [0.25, 0.3) is 0 Å². The Hall–Kier alpha value is -3.14. The summed E-state index contributed by atoms with van der Waals surface area (Å²) in [6, 6.07) is 11.5. The van der Waals surface area contributed by atoms with Gasteiger partial charge in [-0.05, 0) is 75.4 Å². The number of aliphatic hydroxyl groups is 1. The summed E-state index contributed by atoms with van der Waals surface area (Å²) in [6.45, 7) is 6.26. The van der Waals surface area contributed by atoms with E-state index in [1.54, 1.807) is 36.4 Å². The predicted octanol–water partition coefficient (Wildman–Crippen LogP) is 4.16. The van der Waals surface area contributed by atoms with Crippen molar-refractivity contribution in [3.8, 4) is 5.75 Å². The Morgan fingerprint density at radius 3 is 2.52 bits per heavy atom. The molecule has 5 rings (SSSR count). The lowest BCUT2D eigenvalue weighted by Crippen LogP contribution is -2.53. The van der Waals surface area contributed by atoms with E-state index in [2.05, 4.69) is 10.6 Å². The molecule has 2 unspecified atom stereocenters. The number of para-hydroxylation sites is 1. The summed E-state index contributed by atoms with van der Waals surface area (Å²) in [7, 11) is 0. The molecule has 0 aromatic heterocycles. The minimum Gasteiger partial charge on any atom is -0.494 e. The molecule has 10 heteroatoms. The molecular formula is C30H36ClN3O6. The third-order valence-electron chi connectivity index (χ3n) is 8.67. The number of carbonyl (C=O) groups is 3. The van der Waals surface area contributed by atoms with Gasteiger partial charge in [0.15, 0.2) is 0 Å². The number of carbonyl (C=O) groups excluding carboxylic acids is 3. The van der Waals surface area contributed by atoms with E-state index in [0.29, 0.717) is 54.4 Å². The Bertz CT molecular complexity index is 1280. The van der Waals surface area contributed by atoms with Crippen LogP contribution >= 0.6 is 11.6 Å². The molecule has 3 N–H and O–H groups in total. The maximum atomic E-state index is 14.1. The van der Waals surface area contributed by atoms with Crippen molar-refractivity contribution in [2.75, 3.05) is 30.4 Å². The van der Waals surface area contributed by atoms with Gasteiger partial charge in [-0.3, -0.25) is 14.4 Å². The average Bonchev–Trinajstić information content (AvgIpc) is 3.54. The molecule has 3 saturated heterocycles. The molecule has 3 heterocycles. The fraction of sp³-hybridized carbons (Fsp3) is 0.500. The third kappa shape index (κ3) is 4.54. The number of hydrogen-bond acceptors (Lipinski definition) is 6. The van der Waals surface area contributed by atoms with Gasteiger partial charge >= 0.3 is 0 Å². The van der Waals surface area contributed by atoms with E-state index >= 15 is 0 Å². The maximum Gasteiger partial charge on any atom is 0.250 e. The molecule has 5 atom stereocenters. The summed E-state index contributed by atoms with van der Waals surface area (Å²) >= 11 is 6.41. The van der Waals surface area contributed by atoms with Crippen molar-refractivity contribution in [3.63, 3.8) is 0 Å². The Labute approximate surface area is 239 Å². The zero-order valence-corrected chi connectivity index (χ0v) is 23.8. The lowest BCUT2D eigenvalue weighted by molar-refractivity contribution is -0.144. The van der Waals surface area contributed by atoms with Crippen molar-refractivity contribution in [1.29, 1.82) is 0 Å². The molecule has 0 radical (unpaired) electrons. The fourth-order valence-electron chi connectivity index (χ4n) is 6.90. The molecule has 3 aliphatic heterocycles. The molecule has 9 nitrogen and oxygen atoms in total. The number of aryl methyl sites for hydroxylation is 1. The van der Waals surface area contributed by atoms with Crippen LogP contribution in [-0.4, -0.2) is 64.7 Å². The van der Waals surface area contributed by atoms with Crippen molar-refractivity contribution >= 4 is 40.7 Å². The molecule has 3 fully saturated rings. The zero-order valence-electron chi connectivity index (χ0n) is 23.0. The van der Waals surface area contributed by atoms with E-state index in [4.69, 9.17) is 21.1 Å². The summed E-state index contributed by atoms with van der Waals surface area (Å²) in [4.78, 5) is 43.5. The van der Waals surface area contributed by atoms with Crippen molar-refractivity contribution < 1.29 is 29.0 Å². The number of rotatable bonds is 10. The van der Waals surface area contributed by atoms with Crippen LogP contribution in [0.25, 0.3) is 0 Å². The standard InChI is InChI=1S/C30H36ClN3O6/c1-4-29-14-15-30(40-29)23(22(29)26(36)32-19-10-12-20(13-11-19)39-5-2)28(38)34(16-7-17-35)25(30)27(37)33-24-18(3)8-6-9-21(24)31/h6,8-13,22-23,25,35H,4-5,7,14-17H2,1-3H3,(H,32,36)(H,33,37)/t22-,23+,25?,29+,30?/m1/s1. The van der Waals surface area contributed by atoms with E-state index in [9.17, 15) is 19.5 Å². The highest BCUT2D eigenvalue weighted by molar-refractivity contribution is 6.34. The first kappa shape index (κ1) is 28.4. The summed E-state index contributed by atoms with van der Waals surface area (Å²) in [5, 5.41) is 15.9. The first-order valence-corrected chi connectivity index (χ1v) is 14.3. The first-order chi connectivity index (χ1) is 19.2. The van der Waals surface area contributed by atoms with E-state index in [-0.39, 0.29) is 25.0 Å². The van der Waals surface area contributed by atoms with Gasteiger partial charge in [0.2, 0.25) is 17.7 Å².